The SMILES string of the molecule is CCl.ClCC[NH+]1CCOCC1. The van der Waals surface area contributed by atoms with Gasteiger partial charge in [-0.05, 0) is 0 Å². The van der Waals surface area contributed by atoms with Crippen molar-refractivity contribution < 1.29 is 9.64 Å². The Hall–Kier alpha value is 0.500. The van der Waals surface area contributed by atoms with Gasteiger partial charge in [0.25, 0.3) is 0 Å². The van der Waals surface area contributed by atoms with Crippen molar-refractivity contribution in [3.8, 4) is 0 Å². The number of hydrogen-bond acceptors (Lipinski definition) is 1. The van der Waals surface area contributed by atoms with Crippen molar-refractivity contribution in [1.82, 2.24) is 0 Å². The molecule has 0 spiro atoms. The number of alkyl halides is 2. The summed E-state index contributed by atoms with van der Waals surface area (Å²) in [6, 6.07) is 0. The molecule has 1 aliphatic rings. The number of nitrogens with one attached hydrogen (secondary N) is 1. The smallest absolute Gasteiger partial charge is 0.101 e. The van der Waals surface area contributed by atoms with E-state index in [-0.39, 0.29) is 0 Å². The van der Waals surface area contributed by atoms with E-state index in [4.69, 9.17) is 16.3 Å². The Morgan fingerprint density at radius 1 is 1.27 bits per heavy atom. The van der Waals surface area contributed by atoms with Crippen molar-refractivity contribution in [2.75, 3.05) is 45.1 Å². The molecule has 1 rings (SSSR count). The highest BCUT2D eigenvalue weighted by molar-refractivity contribution is 6.17. The molecule has 1 N–H and O–H groups in total. The number of morpholine rings is 1. The van der Waals surface area contributed by atoms with E-state index in [9.17, 15) is 0 Å². The van der Waals surface area contributed by atoms with Crippen LogP contribution in [0.5, 0.6) is 0 Å². The molecule has 0 aromatic heterocycles. The first kappa shape index (κ1) is 11.5. The summed E-state index contributed by atoms with van der Waals surface area (Å²) in [6.07, 6.45) is 1.47. The summed E-state index contributed by atoms with van der Waals surface area (Å²) in [4.78, 5) is 1.58. The number of quaternary nitrogens is 1. The van der Waals surface area contributed by atoms with Crippen LogP contribution < -0.4 is 4.90 Å². The fraction of sp³-hybridized carbons (Fsp3) is 1.00. The van der Waals surface area contributed by atoms with Crippen molar-refractivity contribution in [1.29, 1.82) is 0 Å². The highest BCUT2D eigenvalue weighted by Crippen LogP contribution is 1.75. The third-order valence-electron chi connectivity index (χ3n) is 1.65. The maximum absolute atomic E-state index is 5.57. The number of rotatable bonds is 2. The predicted molar refractivity (Wildman–Crippen MR) is 48.9 cm³/mol. The summed E-state index contributed by atoms with van der Waals surface area (Å²) in [7, 11) is 0. The van der Waals surface area contributed by atoms with E-state index < -0.39 is 0 Å². The summed E-state index contributed by atoms with van der Waals surface area (Å²) >= 11 is 10.2. The molecule has 0 radical (unpaired) electrons. The van der Waals surface area contributed by atoms with Gasteiger partial charge >= 0.3 is 0 Å². The van der Waals surface area contributed by atoms with Crippen LogP contribution in [-0.4, -0.2) is 45.1 Å². The van der Waals surface area contributed by atoms with Crippen LogP contribution in [0.1, 0.15) is 0 Å². The predicted octanol–water partition coefficient (Wildman–Crippen LogP) is -0.00470. The van der Waals surface area contributed by atoms with E-state index >= 15 is 0 Å². The van der Waals surface area contributed by atoms with Crippen LogP contribution in [0.15, 0.2) is 0 Å². The average Bonchev–Trinajstić information content (AvgIpc) is 2.11. The van der Waals surface area contributed by atoms with E-state index in [1.165, 1.54) is 6.38 Å². The van der Waals surface area contributed by atoms with Crippen LogP contribution in [0.3, 0.4) is 0 Å². The van der Waals surface area contributed by atoms with Crippen LogP contribution in [0.25, 0.3) is 0 Å². The highest BCUT2D eigenvalue weighted by Gasteiger charge is 2.11. The minimum atomic E-state index is 0.773. The van der Waals surface area contributed by atoms with Gasteiger partial charge in [0, 0.05) is 6.38 Å². The van der Waals surface area contributed by atoms with E-state index in [2.05, 4.69) is 11.6 Å². The van der Waals surface area contributed by atoms with Gasteiger partial charge in [-0.25, -0.2) is 0 Å². The average molecular weight is 201 g/mol. The molecule has 68 valence electrons. The van der Waals surface area contributed by atoms with Gasteiger partial charge in [0.05, 0.1) is 25.6 Å². The Kier molecular flexibility index (Phi) is 8.99. The van der Waals surface area contributed by atoms with E-state index in [0.29, 0.717) is 0 Å². The molecule has 1 aliphatic heterocycles. The molecule has 0 aromatic rings. The van der Waals surface area contributed by atoms with Crippen LogP contribution in [0.2, 0.25) is 0 Å². The Morgan fingerprint density at radius 2 is 1.82 bits per heavy atom. The summed E-state index contributed by atoms with van der Waals surface area (Å²) in [6.45, 7) is 5.17. The van der Waals surface area contributed by atoms with Gasteiger partial charge in [-0.1, -0.05) is 0 Å². The Balaban J connectivity index is 0.000000461. The molecule has 0 aliphatic carbocycles. The van der Waals surface area contributed by atoms with Crippen LogP contribution in [0.4, 0.5) is 0 Å². The lowest BCUT2D eigenvalue weighted by molar-refractivity contribution is -0.905. The number of hydrogen-bond donors (Lipinski definition) is 1. The summed E-state index contributed by atoms with van der Waals surface area (Å²) < 4.78 is 5.18. The third kappa shape index (κ3) is 5.74. The molecule has 1 heterocycles. The van der Waals surface area contributed by atoms with Crippen molar-refractivity contribution in [3.05, 3.63) is 0 Å². The fourth-order valence-corrected chi connectivity index (χ4v) is 1.31. The van der Waals surface area contributed by atoms with Crippen molar-refractivity contribution in [3.63, 3.8) is 0 Å². The molecule has 0 bridgehead atoms. The largest absolute Gasteiger partial charge is 0.370 e. The zero-order valence-corrected chi connectivity index (χ0v) is 8.42. The molecule has 0 unspecified atom stereocenters. The number of ether oxygens (including phenoxy) is 1. The number of halogens is 2. The van der Waals surface area contributed by atoms with Gasteiger partial charge < -0.3 is 9.64 Å². The lowest BCUT2D eigenvalue weighted by atomic mass is 10.4. The fourth-order valence-electron chi connectivity index (χ4n) is 1.04. The molecule has 0 amide bonds. The normalized spacial score (nSPS) is 18.8. The summed E-state index contributed by atoms with van der Waals surface area (Å²) in [5.74, 6) is 0.773. The van der Waals surface area contributed by atoms with Gasteiger partial charge in [0.2, 0.25) is 0 Å². The third-order valence-corrected chi connectivity index (χ3v) is 1.84. The lowest BCUT2D eigenvalue weighted by Gasteiger charge is -2.22. The molecule has 0 aromatic carbocycles. The van der Waals surface area contributed by atoms with Crippen LogP contribution >= 0.6 is 23.2 Å². The first-order valence-corrected chi connectivity index (χ1v) is 5.07. The Bertz CT molecular complexity index is 74.1. The highest BCUT2D eigenvalue weighted by atomic mass is 35.5. The molecule has 1 saturated heterocycles. The molecule has 4 heteroatoms. The quantitative estimate of drug-likeness (QED) is 0.620. The standard InChI is InChI=1S/C6H12ClNO.CH3Cl/c7-1-2-8-3-5-9-6-4-8;1-2/h1-6H2;1H3/p+1. The molecule has 0 atom stereocenters. The first-order valence-electron chi connectivity index (χ1n) is 3.78. The molecule has 2 nitrogen and oxygen atoms in total. The maximum Gasteiger partial charge on any atom is 0.101 e. The zero-order chi connectivity index (χ0) is 8.53. The van der Waals surface area contributed by atoms with Crippen LogP contribution in [-0.2, 0) is 4.74 Å². The summed E-state index contributed by atoms with van der Waals surface area (Å²) in [5.41, 5.74) is 0. The van der Waals surface area contributed by atoms with Crippen molar-refractivity contribution >= 4 is 23.2 Å². The minimum Gasteiger partial charge on any atom is -0.370 e. The van der Waals surface area contributed by atoms with E-state index in [1.807, 2.05) is 0 Å². The Labute approximate surface area is 78.4 Å². The van der Waals surface area contributed by atoms with Crippen LogP contribution in [0, 0.1) is 0 Å². The van der Waals surface area contributed by atoms with Crippen molar-refractivity contribution in [2.45, 2.75) is 0 Å². The van der Waals surface area contributed by atoms with Gasteiger partial charge in [-0.15, -0.1) is 23.2 Å². The second kappa shape index (κ2) is 8.60. The second-order valence-electron chi connectivity index (χ2n) is 2.30. The monoisotopic (exact) mass is 200 g/mol. The maximum atomic E-state index is 5.57. The first-order chi connectivity index (χ1) is 5.43. The van der Waals surface area contributed by atoms with E-state index in [0.717, 1.165) is 38.7 Å². The van der Waals surface area contributed by atoms with Gasteiger partial charge in [-0.3, -0.25) is 0 Å². The minimum absolute atomic E-state index is 0.773. The lowest BCUT2D eigenvalue weighted by Crippen LogP contribution is -3.14. The van der Waals surface area contributed by atoms with Crippen molar-refractivity contribution in [2.24, 2.45) is 0 Å². The Morgan fingerprint density at radius 3 is 2.27 bits per heavy atom. The molecular formula is C7H16Cl2NO+. The summed E-state index contributed by atoms with van der Waals surface area (Å²) in [5, 5.41) is 0. The van der Waals surface area contributed by atoms with Gasteiger partial charge in [0.15, 0.2) is 0 Å². The molecular weight excluding hydrogens is 185 g/mol. The molecule has 1 fully saturated rings. The van der Waals surface area contributed by atoms with Gasteiger partial charge in [0.1, 0.15) is 13.1 Å². The molecule has 11 heavy (non-hydrogen) atoms. The topological polar surface area (TPSA) is 13.7 Å². The van der Waals surface area contributed by atoms with Gasteiger partial charge in [-0.2, -0.15) is 0 Å². The zero-order valence-electron chi connectivity index (χ0n) is 6.91. The van der Waals surface area contributed by atoms with E-state index in [1.54, 1.807) is 4.90 Å². The second-order valence-corrected chi connectivity index (χ2v) is 2.68. The molecule has 0 saturated carbocycles.